The topological polar surface area (TPSA) is 0 Å². The molecule has 0 amide bonds. The van der Waals surface area contributed by atoms with Gasteiger partial charge in [0.2, 0.25) is 0 Å². The van der Waals surface area contributed by atoms with Gasteiger partial charge in [-0.3, -0.25) is 0 Å². The fraction of sp³-hybridized carbons (Fsp3) is 0. The molecule has 0 nitrogen and oxygen atoms in total. The Bertz CT molecular complexity index is 11.6. The predicted octanol–water partition coefficient (Wildman–Crippen LogP) is -0.330. The van der Waals surface area contributed by atoms with Gasteiger partial charge in [0.05, 0.1) is 0 Å². The third-order valence-corrected chi connectivity index (χ3v) is 0. The van der Waals surface area contributed by atoms with Crippen LogP contribution in [0.15, 0.2) is 0 Å². The van der Waals surface area contributed by atoms with Gasteiger partial charge in [-0.15, -0.1) is 0 Å². The SMILES string of the molecule is P.[B].[Co].[Ni].[Re]. The zero-order chi connectivity index (χ0) is 0. The molecule has 5 heteroatoms. The third kappa shape index (κ3) is 22.9. The summed E-state index contributed by atoms with van der Waals surface area (Å²) in [6, 6.07) is 0. The van der Waals surface area contributed by atoms with Crippen molar-refractivity contribution in [3.8, 4) is 0 Å². The van der Waals surface area contributed by atoms with Gasteiger partial charge in [-0.1, -0.05) is 0 Å². The van der Waals surface area contributed by atoms with Gasteiger partial charge in [-0.05, 0) is 0 Å². The Morgan fingerprint density at radius 3 is 1.00 bits per heavy atom. The standard InChI is InChI=1S/B.Co.Ni.H3P.Re/h;;;1H3;. The Morgan fingerprint density at radius 2 is 1.00 bits per heavy atom. The van der Waals surface area contributed by atoms with Gasteiger partial charge in [0.15, 0.2) is 0 Å². The molecule has 1 atom stereocenters. The van der Waals surface area contributed by atoms with Crippen molar-refractivity contribution in [3.05, 3.63) is 0 Å². The monoisotopic (exact) mass is 349 g/mol. The Balaban J connectivity index is 0. The van der Waals surface area contributed by atoms with E-state index in [9.17, 15) is 0 Å². The summed E-state index contributed by atoms with van der Waals surface area (Å²) < 4.78 is 0. The van der Waals surface area contributed by atoms with E-state index in [1.807, 2.05) is 0 Å². The van der Waals surface area contributed by atoms with Gasteiger partial charge in [0.1, 0.15) is 0 Å². The largest absolute Gasteiger partial charge is 0.153 e. The second-order valence-electron chi connectivity index (χ2n) is 0. The molecule has 0 aromatic rings. The molecule has 0 heterocycles. The van der Waals surface area contributed by atoms with Crippen LogP contribution >= 0.6 is 9.90 Å². The van der Waals surface area contributed by atoms with Crippen molar-refractivity contribution in [1.29, 1.82) is 0 Å². The van der Waals surface area contributed by atoms with E-state index in [4.69, 9.17) is 0 Å². The molecular weight excluding hydrogens is 346 g/mol. The van der Waals surface area contributed by atoms with Gasteiger partial charge in [-0.25, -0.2) is 0 Å². The van der Waals surface area contributed by atoms with Crippen molar-refractivity contribution in [2.75, 3.05) is 0 Å². The van der Waals surface area contributed by atoms with Crippen LogP contribution in [0.2, 0.25) is 0 Å². The van der Waals surface area contributed by atoms with Crippen LogP contribution in [0.25, 0.3) is 0 Å². The molecule has 0 aliphatic carbocycles. The van der Waals surface area contributed by atoms with Crippen LogP contribution in [0.1, 0.15) is 0 Å². The first-order valence-electron chi connectivity index (χ1n) is 0. The molecule has 0 aliphatic rings. The Kier molecular flexibility index (Phi) is 410. The fourth-order valence-corrected chi connectivity index (χ4v) is 0. The maximum atomic E-state index is 0. The fourth-order valence-electron chi connectivity index (χ4n) is 0. The first-order chi connectivity index (χ1) is 0. The summed E-state index contributed by atoms with van der Waals surface area (Å²) in [5, 5.41) is 0. The molecule has 1 unspecified atom stereocenters. The molecule has 0 spiro atoms. The summed E-state index contributed by atoms with van der Waals surface area (Å²) in [5.41, 5.74) is 0. The first kappa shape index (κ1) is 58.3. The first-order valence-corrected chi connectivity index (χ1v) is 0. The second-order valence-corrected chi connectivity index (χ2v) is 0. The van der Waals surface area contributed by atoms with Crippen LogP contribution in [-0.2, 0) is 53.7 Å². The smallest absolute Gasteiger partial charge is 0 e. The molecule has 0 aliphatic heterocycles. The molecule has 0 fully saturated rings. The molecule has 0 saturated carbocycles. The molecular formula is H3BCoNiPRe. The summed E-state index contributed by atoms with van der Waals surface area (Å²) in [5.74, 6) is 0. The van der Waals surface area contributed by atoms with Gasteiger partial charge in [-0.2, -0.15) is 9.90 Å². The maximum absolute atomic E-state index is 0. The minimum atomic E-state index is 0. The Morgan fingerprint density at radius 1 is 1.00 bits per heavy atom. The molecule has 0 N–H and O–H groups in total. The van der Waals surface area contributed by atoms with E-state index in [1.54, 1.807) is 0 Å². The van der Waals surface area contributed by atoms with Gasteiger partial charge < -0.3 is 0 Å². The van der Waals surface area contributed by atoms with Gasteiger partial charge in [0, 0.05) is 62.1 Å². The molecule has 0 aromatic heterocycles. The van der Waals surface area contributed by atoms with Crippen LogP contribution in [0.5, 0.6) is 0 Å². The predicted molar refractivity (Wildman–Crippen MR) is 16.9 cm³/mol. The molecule has 0 aromatic carbocycles. The van der Waals surface area contributed by atoms with Crippen LogP contribution in [0.3, 0.4) is 0 Å². The molecule has 0 rings (SSSR count). The average Bonchev–Trinajstić information content (AvgIpc) is 0. The number of hydrogen-bond acceptors (Lipinski definition) is 0. The molecule has 37 valence electrons. The second kappa shape index (κ2) is 35.2. The van der Waals surface area contributed by atoms with E-state index in [0.29, 0.717) is 0 Å². The minimum absolute atomic E-state index is 0. The van der Waals surface area contributed by atoms with Crippen molar-refractivity contribution >= 4 is 18.3 Å². The summed E-state index contributed by atoms with van der Waals surface area (Å²) >= 11 is 0. The van der Waals surface area contributed by atoms with E-state index in [2.05, 4.69) is 0 Å². The molecule has 5 heavy (non-hydrogen) atoms. The van der Waals surface area contributed by atoms with Crippen LogP contribution in [0, 0.1) is 0 Å². The summed E-state index contributed by atoms with van der Waals surface area (Å²) in [6.45, 7) is 0. The zero-order valence-electron chi connectivity index (χ0n) is 2.31. The quantitative estimate of drug-likeness (QED) is 0.415. The maximum Gasteiger partial charge on any atom is 0 e. The van der Waals surface area contributed by atoms with Crippen LogP contribution in [-0.4, -0.2) is 8.41 Å². The summed E-state index contributed by atoms with van der Waals surface area (Å²) in [4.78, 5) is 0. The van der Waals surface area contributed by atoms with Crippen LogP contribution in [0.4, 0.5) is 0 Å². The van der Waals surface area contributed by atoms with Crippen molar-refractivity contribution in [1.82, 2.24) is 0 Å². The van der Waals surface area contributed by atoms with E-state index in [-0.39, 0.29) is 72.0 Å². The van der Waals surface area contributed by atoms with E-state index in [0.717, 1.165) is 0 Å². The average molecular weight is 349 g/mol. The van der Waals surface area contributed by atoms with Crippen LogP contribution < -0.4 is 0 Å². The number of hydrogen-bond donors (Lipinski definition) is 0. The minimum Gasteiger partial charge on any atom is -0.153 e. The van der Waals surface area contributed by atoms with E-state index >= 15 is 0 Å². The summed E-state index contributed by atoms with van der Waals surface area (Å²) in [7, 11) is 0. The van der Waals surface area contributed by atoms with Crippen molar-refractivity contribution in [3.63, 3.8) is 0 Å². The van der Waals surface area contributed by atoms with Crippen molar-refractivity contribution < 1.29 is 53.7 Å². The van der Waals surface area contributed by atoms with Crippen molar-refractivity contribution in [2.45, 2.75) is 0 Å². The van der Waals surface area contributed by atoms with Gasteiger partial charge in [0.25, 0.3) is 0 Å². The van der Waals surface area contributed by atoms with E-state index < -0.39 is 0 Å². The number of rotatable bonds is 0. The van der Waals surface area contributed by atoms with Gasteiger partial charge >= 0.3 is 0 Å². The Hall–Kier alpha value is 2.16. The van der Waals surface area contributed by atoms with Crippen molar-refractivity contribution in [2.24, 2.45) is 0 Å². The van der Waals surface area contributed by atoms with E-state index in [1.165, 1.54) is 0 Å². The Labute approximate surface area is 71.6 Å². The molecule has 0 saturated heterocycles. The normalized spacial score (nSPS) is 0. The third-order valence-electron chi connectivity index (χ3n) is 0. The molecule has 5 radical (unpaired) electrons. The summed E-state index contributed by atoms with van der Waals surface area (Å²) in [6.07, 6.45) is 0. The molecule has 0 bridgehead atoms. The zero-order valence-corrected chi connectivity index (χ0v) is 8.47.